The van der Waals surface area contributed by atoms with Gasteiger partial charge in [-0.15, -0.1) is 0 Å². The second kappa shape index (κ2) is 4.28. The van der Waals surface area contributed by atoms with Crippen LogP contribution in [-0.4, -0.2) is 49.7 Å². The van der Waals surface area contributed by atoms with Crippen LogP contribution in [0, 0.1) is 0 Å². The highest BCUT2D eigenvalue weighted by Crippen LogP contribution is 2.26. The number of piperazine rings is 1. The second-order valence-electron chi connectivity index (χ2n) is 4.09. The first kappa shape index (κ1) is 9.93. The van der Waals surface area contributed by atoms with E-state index in [1.807, 2.05) is 4.90 Å². The predicted molar refractivity (Wildman–Crippen MR) is 53.0 cm³/mol. The van der Waals surface area contributed by atoms with Crippen LogP contribution in [0.25, 0.3) is 0 Å². The number of carbonyl (C=O) groups is 1. The van der Waals surface area contributed by atoms with Gasteiger partial charge in [-0.25, -0.2) is 0 Å². The number of amides is 1. The Kier molecular flexibility index (Phi) is 3.03. The number of ether oxygens (including phenoxy) is 1. The molecule has 4 nitrogen and oxygen atoms in total. The van der Waals surface area contributed by atoms with Gasteiger partial charge in [-0.05, 0) is 19.3 Å². The fraction of sp³-hybridized carbons (Fsp3) is 0.900. The molecule has 0 spiro atoms. The summed E-state index contributed by atoms with van der Waals surface area (Å²) in [7, 11) is 1.76. The van der Waals surface area contributed by atoms with Gasteiger partial charge in [-0.3, -0.25) is 4.79 Å². The van der Waals surface area contributed by atoms with Crippen molar-refractivity contribution in [2.24, 2.45) is 0 Å². The van der Waals surface area contributed by atoms with Crippen LogP contribution in [0.15, 0.2) is 0 Å². The Morgan fingerprint density at radius 1 is 1.50 bits per heavy atom. The number of hydrogen-bond donors (Lipinski definition) is 1. The zero-order chi connectivity index (χ0) is 9.97. The van der Waals surface area contributed by atoms with Crippen LogP contribution in [0.1, 0.15) is 19.3 Å². The number of carbonyl (C=O) groups excluding carboxylic acids is 1. The molecule has 2 fully saturated rings. The van der Waals surface area contributed by atoms with Crippen molar-refractivity contribution < 1.29 is 9.53 Å². The Bertz CT molecular complexity index is 220. The largest absolute Gasteiger partial charge is 0.381 e. The average molecular weight is 198 g/mol. The Labute approximate surface area is 84.6 Å². The first-order valence-electron chi connectivity index (χ1n) is 5.34. The molecule has 0 aromatic carbocycles. The van der Waals surface area contributed by atoms with Crippen LogP contribution in [-0.2, 0) is 9.53 Å². The third-order valence-corrected chi connectivity index (χ3v) is 3.26. The number of rotatable bonds is 2. The summed E-state index contributed by atoms with van der Waals surface area (Å²) in [6, 6.07) is 0.426. The van der Waals surface area contributed by atoms with Gasteiger partial charge in [0.15, 0.2) is 0 Å². The summed E-state index contributed by atoms with van der Waals surface area (Å²) < 4.78 is 5.31. The quantitative estimate of drug-likeness (QED) is 0.678. The Hall–Kier alpha value is -0.610. The molecule has 1 saturated heterocycles. The molecule has 1 amide bonds. The Morgan fingerprint density at radius 2 is 2.36 bits per heavy atom. The molecule has 80 valence electrons. The summed E-state index contributed by atoms with van der Waals surface area (Å²) in [6.45, 7) is 2.30. The molecule has 1 aliphatic carbocycles. The van der Waals surface area contributed by atoms with Gasteiger partial charge in [0.05, 0.1) is 12.6 Å². The molecule has 2 rings (SSSR count). The minimum Gasteiger partial charge on any atom is -0.381 e. The maximum Gasteiger partial charge on any atom is 0.236 e. The molecule has 2 unspecified atom stereocenters. The van der Waals surface area contributed by atoms with Gasteiger partial charge in [0.1, 0.15) is 0 Å². The molecule has 4 heteroatoms. The molecule has 14 heavy (non-hydrogen) atoms. The highest BCUT2D eigenvalue weighted by molar-refractivity contribution is 5.79. The molecule has 0 bridgehead atoms. The van der Waals surface area contributed by atoms with Crippen LogP contribution in [0.5, 0.6) is 0 Å². The molecule has 1 heterocycles. The van der Waals surface area contributed by atoms with Crippen molar-refractivity contribution in [3.63, 3.8) is 0 Å². The van der Waals surface area contributed by atoms with Crippen LogP contribution >= 0.6 is 0 Å². The maximum atomic E-state index is 11.6. The smallest absolute Gasteiger partial charge is 0.236 e. The van der Waals surface area contributed by atoms with Crippen molar-refractivity contribution in [3.05, 3.63) is 0 Å². The van der Waals surface area contributed by atoms with Crippen molar-refractivity contribution in [1.82, 2.24) is 10.2 Å². The third-order valence-electron chi connectivity index (χ3n) is 3.26. The predicted octanol–water partition coefficient (Wildman–Crippen LogP) is -0.0143. The zero-order valence-corrected chi connectivity index (χ0v) is 8.66. The lowest BCUT2D eigenvalue weighted by Gasteiger charge is -2.32. The summed E-state index contributed by atoms with van der Waals surface area (Å²) in [5.74, 6) is 0.248. The van der Waals surface area contributed by atoms with Crippen molar-refractivity contribution >= 4 is 5.91 Å². The van der Waals surface area contributed by atoms with E-state index in [-0.39, 0.29) is 5.91 Å². The standard InChI is InChI=1S/C10H18N2O2/c1-14-9-3-2-8(6-9)12-5-4-11-7-10(12)13/h8-9,11H,2-7H2,1H3. The Balaban J connectivity index is 1.91. The van der Waals surface area contributed by atoms with E-state index in [1.165, 1.54) is 0 Å². The van der Waals surface area contributed by atoms with Crippen LogP contribution in [0.3, 0.4) is 0 Å². The molecule has 1 saturated carbocycles. The minimum absolute atomic E-state index is 0.248. The SMILES string of the molecule is COC1CCC(N2CCNCC2=O)C1. The van der Waals surface area contributed by atoms with Gasteiger partial charge in [-0.2, -0.15) is 0 Å². The van der Waals surface area contributed by atoms with Gasteiger partial charge in [0.25, 0.3) is 0 Å². The number of nitrogens with zero attached hydrogens (tertiary/aromatic N) is 1. The van der Waals surface area contributed by atoms with Gasteiger partial charge < -0.3 is 15.0 Å². The summed E-state index contributed by atoms with van der Waals surface area (Å²) in [4.78, 5) is 13.6. The van der Waals surface area contributed by atoms with Gasteiger partial charge >= 0.3 is 0 Å². The van der Waals surface area contributed by atoms with E-state index in [2.05, 4.69) is 5.32 Å². The maximum absolute atomic E-state index is 11.6. The van der Waals surface area contributed by atoms with Crippen molar-refractivity contribution in [3.8, 4) is 0 Å². The first-order valence-corrected chi connectivity index (χ1v) is 5.34. The molecule has 1 N–H and O–H groups in total. The van der Waals surface area contributed by atoms with Crippen LogP contribution in [0.4, 0.5) is 0 Å². The number of hydrogen-bond acceptors (Lipinski definition) is 3. The number of methoxy groups -OCH3 is 1. The molecular formula is C10H18N2O2. The minimum atomic E-state index is 0.248. The molecule has 1 aliphatic heterocycles. The van der Waals surface area contributed by atoms with Gasteiger partial charge in [-0.1, -0.05) is 0 Å². The lowest BCUT2D eigenvalue weighted by Crippen LogP contribution is -2.51. The van der Waals surface area contributed by atoms with E-state index in [0.29, 0.717) is 18.7 Å². The number of nitrogens with one attached hydrogen (secondary N) is 1. The van der Waals surface area contributed by atoms with Crippen molar-refractivity contribution in [2.75, 3.05) is 26.7 Å². The van der Waals surface area contributed by atoms with E-state index in [0.717, 1.165) is 32.4 Å². The highest BCUT2D eigenvalue weighted by Gasteiger charge is 2.32. The monoisotopic (exact) mass is 198 g/mol. The lowest BCUT2D eigenvalue weighted by molar-refractivity contribution is -0.134. The fourth-order valence-electron chi connectivity index (χ4n) is 2.42. The van der Waals surface area contributed by atoms with Crippen molar-refractivity contribution in [1.29, 1.82) is 0 Å². The molecule has 2 atom stereocenters. The van der Waals surface area contributed by atoms with E-state index in [1.54, 1.807) is 7.11 Å². The fourth-order valence-corrected chi connectivity index (χ4v) is 2.42. The molecule has 0 radical (unpaired) electrons. The first-order chi connectivity index (χ1) is 6.81. The summed E-state index contributed by atoms with van der Waals surface area (Å²) >= 11 is 0. The summed E-state index contributed by atoms with van der Waals surface area (Å²) in [6.07, 6.45) is 3.58. The van der Waals surface area contributed by atoms with Gasteiger partial charge in [0.2, 0.25) is 5.91 Å². The zero-order valence-electron chi connectivity index (χ0n) is 8.66. The average Bonchev–Trinajstić information content (AvgIpc) is 2.67. The third kappa shape index (κ3) is 1.91. The van der Waals surface area contributed by atoms with Crippen LogP contribution in [0.2, 0.25) is 0 Å². The van der Waals surface area contributed by atoms with Gasteiger partial charge in [0, 0.05) is 26.2 Å². The lowest BCUT2D eigenvalue weighted by atomic mass is 10.2. The summed E-state index contributed by atoms with van der Waals surface area (Å²) in [5, 5.41) is 3.09. The summed E-state index contributed by atoms with van der Waals surface area (Å²) in [5.41, 5.74) is 0. The van der Waals surface area contributed by atoms with E-state index >= 15 is 0 Å². The topological polar surface area (TPSA) is 41.6 Å². The highest BCUT2D eigenvalue weighted by atomic mass is 16.5. The molecule has 0 aromatic heterocycles. The van der Waals surface area contributed by atoms with E-state index in [9.17, 15) is 4.79 Å². The van der Waals surface area contributed by atoms with E-state index in [4.69, 9.17) is 4.74 Å². The second-order valence-corrected chi connectivity index (χ2v) is 4.09. The van der Waals surface area contributed by atoms with E-state index < -0.39 is 0 Å². The normalized spacial score (nSPS) is 33.8. The Morgan fingerprint density at radius 3 is 3.00 bits per heavy atom. The molecule has 0 aromatic rings. The van der Waals surface area contributed by atoms with Crippen molar-refractivity contribution in [2.45, 2.75) is 31.4 Å². The van der Waals surface area contributed by atoms with Crippen LogP contribution < -0.4 is 5.32 Å². The molecular weight excluding hydrogens is 180 g/mol. The molecule has 2 aliphatic rings.